The molecule has 0 heterocycles. The van der Waals surface area contributed by atoms with E-state index in [0.717, 1.165) is 12.1 Å². The zero-order valence-electron chi connectivity index (χ0n) is 11.0. The van der Waals surface area contributed by atoms with E-state index < -0.39 is 29.9 Å². The summed E-state index contributed by atoms with van der Waals surface area (Å²) in [6.45, 7) is 0. The molecule has 0 aliphatic carbocycles. The lowest BCUT2D eigenvalue weighted by molar-refractivity contribution is -0.415. The quantitative estimate of drug-likeness (QED) is 0.511. The van der Waals surface area contributed by atoms with Crippen molar-refractivity contribution in [3.63, 3.8) is 0 Å². The Morgan fingerprint density at radius 1 is 0.583 bits per heavy atom. The second kappa shape index (κ2) is 5.82. The van der Waals surface area contributed by atoms with Crippen LogP contribution in [0, 0.1) is 11.8 Å². The van der Waals surface area contributed by atoms with Crippen LogP contribution in [0.2, 0.25) is 0 Å². The topological polar surface area (TPSA) is 0 Å². The SMILES string of the molecule is FC(F)(F)C(F)(F)C(F)(F)C(F)(F)C(F)(F)C#Cc1ccccc1. The molecular formula is C13H5F11. The van der Waals surface area contributed by atoms with Crippen LogP contribution in [-0.2, 0) is 0 Å². The third-order valence-corrected chi connectivity index (χ3v) is 2.68. The van der Waals surface area contributed by atoms with Crippen LogP contribution >= 0.6 is 0 Å². The van der Waals surface area contributed by atoms with E-state index in [4.69, 9.17) is 0 Å². The molecule has 0 spiro atoms. The fraction of sp³-hybridized carbons (Fsp3) is 0.385. The molecule has 24 heavy (non-hydrogen) atoms. The molecule has 1 aromatic carbocycles. The van der Waals surface area contributed by atoms with E-state index in [1.807, 2.05) is 0 Å². The summed E-state index contributed by atoms with van der Waals surface area (Å²) in [7, 11) is 0. The summed E-state index contributed by atoms with van der Waals surface area (Å²) in [6, 6.07) is 5.74. The Kier molecular flexibility index (Phi) is 4.87. The minimum Gasteiger partial charge on any atom is -0.192 e. The lowest BCUT2D eigenvalue weighted by Gasteiger charge is -2.35. The van der Waals surface area contributed by atoms with Crippen LogP contribution < -0.4 is 0 Å². The van der Waals surface area contributed by atoms with Crippen LogP contribution in [0.1, 0.15) is 5.56 Å². The van der Waals surface area contributed by atoms with Gasteiger partial charge in [-0.2, -0.15) is 48.3 Å². The molecule has 0 aromatic heterocycles. The summed E-state index contributed by atoms with van der Waals surface area (Å²) in [4.78, 5) is 0. The molecule has 0 bridgehead atoms. The van der Waals surface area contributed by atoms with Gasteiger partial charge >= 0.3 is 29.9 Å². The van der Waals surface area contributed by atoms with Crippen LogP contribution in [0.25, 0.3) is 0 Å². The smallest absolute Gasteiger partial charge is 0.192 e. The average Bonchev–Trinajstić information content (AvgIpc) is 2.44. The Morgan fingerprint density at radius 3 is 1.46 bits per heavy atom. The van der Waals surface area contributed by atoms with Gasteiger partial charge in [0.15, 0.2) is 0 Å². The van der Waals surface area contributed by atoms with Gasteiger partial charge in [0.05, 0.1) is 0 Å². The molecule has 0 N–H and O–H groups in total. The number of hydrogen-bond donors (Lipinski definition) is 0. The Morgan fingerprint density at radius 2 is 1.04 bits per heavy atom. The van der Waals surface area contributed by atoms with Crippen LogP contribution in [-0.4, -0.2) is 29.9 Å². The predicted molar refractivity (Wildman–Crippen MR) is 59.2 cm³/mol. The molecule has 0 amide bonds. The monoisotopic (exact) mass is 370 g/mol. The van der Waals surface area contributed by atoms with E-state index in [0.29, 0.717) is 5.92 Å². The minimum absolute atomic E-state index is 0.331. The molecule has 134 valence electrons. The van der Waals surface area contributed by atoms with Crippen molar-refractivity contribution in [3.8, 4) is 11.8 Å². The molecule has 0 aliphatic heterocycles. The number of hydrogen-bond acceptors (Lipinski definition) is 0. The summed E-state index contributed by atoms with van der Waals surface area (Å²) < 4.78 is 139. The van der Waals surface area contributed by atoms with Gasteiger partial charge in [-0.3, -0.25) is 0 Å². The highest BCUT2D eigenvalue weighted by atomic mass is 19.4. The first-order valence-electron chi connectivity index (χ1n) is 5.74. The number of benzene rings is 1. The summed E-state index contributed by atoms with van der Waals surface area (Å²) >= 11 is 0. The van der Waals surface area contributed by atoms with Gasteiger partial charge in [-0.15, -0.1) is 0 Å². The standard InChI is InChI=1S/C13H5F11/c14-9(15,7-6-8-4-2-1-3-5-8)10(16,17)11(18,19)12(20,21)13(22,23)24/h1-5H. The van der Waals surface area contributed by atoms with Gasteiger partial charge in [0, 0.05) is 5.56 Å². The zero-order valence-corrected chi connectivity index (χ0v) is 11.0. The molecule has 0 aliphatic rings. The van der Waals surface area contributed by atoms with Gasteiger partial charge in [0.25, 0.3) is 0 Å². The lowest BCUT2D eigenvalue weighted by atomic mass is 9.98. The van der Waals surface area contributed by atoms with Crippen molar-refractivity contribution in [1.82, 2.24) is 0 Å². The van der Waals surface area contributed by atoms with E-state index in [-0.39, 0.29) is 5.56 Å². The van der Waals surface area contributed by atoms with E-state index in [2.05, 4.69) is 0 Å². The lowest BCUT2D eigenvalue weighted by Crippen LogP contribution is -2.66. The highest BCUT2D eigenvalue weighted by Gasteiger charge is 2.87. The van der Waals surface area contributed by atoms with Gasteiger partial charge in [0.2, 0.25) is 0 Å². The molecule has 0 saturated heterocycles. The molecule has 0 atom stereocenters. The molecule has 1 rings (SSSR count). The highest BCUT2D eigenvalue weighted by molar-refractivity contribution is 5.36. The van der Waals surface area contributed by atoms with Crippen LogP contribution in [0.15, 0.2) is 30.3 Å². The van der Waals surface area contributed by atoms with Crippen molar-refractivity contribution in [2.75, 3.05) is 0 Å². The molecule has 0 nitrogen and oxygen atoms in total. The van der Waals surface area contributed by atoms with Gasteiger partial charge in [-0.1, -0.05) is 24.1 Å². The maximum Gasteiger partial charge on any atom is 0.460 e. The third-order valence-electron chi connectivity index (χ3n) is 2.68. The van der Waals surface area contributed by atoms with E-state index >= 15 is 0 Å². The van der Waals surface area contributed by atoms with Gasteiger partial charge in [-0.25, -0.2) is 0 Å². The summed E-state index contributed by atoms with van der Waals surface area (Å²) in [5, 5.41) is 0. The largest absolute Gasteiger partial charge is 0.460 e. The maximum absolute atomic E-state index is 13.2. The Bertz CT molecular complexity index is 631. The normalized spacial score (nSPS) is 14.1. The van der Waals surface area contributed by atoms with Crippen molar-refractivity contribution in [2.24, 2.45) is 0 Å². The first-order chi connectivity index (χ1) is 10.6. The van der Waals surface area contributed by atoms with Crippen LogP contribution in [0.3, 0.4) is 0 Å². The predicted octanol–water partition coefficient (Wildman–Crippen LogP) is 5.14. The molecule has 0 radical (unpaired) electrons. The molecule has 0 fully saturated rings. The van der Waals surface area contributed by atoms with E-state index in [1.165, 1.54) is 24.1 Å². The fourth-order valence-corrected chi connectivity index (χ4v) is 1.32. The van der Waals surface area contributed by atoms with Crippen LogP contribution in [0.4, 0.5) is 48.3 Å². The second-order valence-electron chi connectivity index (χ2n) is 4.41. The Balaban J connectivity index is 3.33. The summed E-state index contributed by atoms with van der Waals surface area (Å²) in [5.74, 6) is -26.5. The van der Waals surface area contributed by atoms with Crippen molar-refractivity contribution >= 4 is 0 Å². The van der Waals surface area contributed by atoms with Gasteiger partial charge in [0.1, 0.15) is 0 Å². The van der Waals surface area contributed by atoms with Crippen LogP contribution in [0.5, 0.6) is 0 Å². The van der Waals surface area contributed by atoms with Crippen molar-refractivity contribution in [1.29, 1.82) is 0 Å². The second-order valence-corrected chi connectivity index (χ2v) is 4.41. The first-order valence-corrected chi connectivity index (χ1v) is 5.74. The fourth-order valence-electron chi connectivity index (χ4n) is 1.32. The van der Waals surface area contributed by atoms with Crippen molar-refractivity contribution in [3.05, 3.63) is 35.9 Å². The van der Waals surface area contributed by atoms with E-state index in [1.54, 1.807) is 0 Å². The minimum atomic E-state index is -7.44. The third kappa shape index (κ3) is 3.14. The molecular weight excluding hydrogens is 365 g/mol. The number of alkyl halides is 11. The zero-order chi connectivity index (χ0) is 19.0. The number of halogens is 11. The first kappa shape index (κ1) is 20.1. The number of rotatable bonds is 3. The summed E-state index contributed by atoms with van der Waals surface area (Å²) in [5.41, 5.74) is -0.376. The molecule has 1 aromatic rings. The molecule has 11 heteroatoms. The van der Waals surface area contributed by atoms with Crippen molar-refractivity contribution < 1.29 is 48.3 Å². The summed E-state index contributed by atoms with van der Waals surface area (Å²) in [6.07, 6.45) is -7.18. The molecule has 0 unspecified atom stereocenters. The van der Waals surface area contributed by atoms with Gasteiger partial charge in [-0.05, 0) is 18.1 Å². The maximum atomic E-state index is 13.2. The molecule has 0 saturated carbocycles. The van der Waals surface area contributed by atoms with Crippen molar-refractivity contribution in [2.45, 2.75) is 29.9 Å². The Labute approximate surface area is 127 Å². The Hall–Kier alpha value is -1.99. The highest BCUT2D eigenvalue weighted by Crippen LogP contribution is 2.57. The van der Waals surface area contributed by atoms with Gasteiger partial charge < -0.3 is 0 Å². The van der Waals surface area contributed by atoms with E-state index in [9.17, 15) is 48.3 Å². The average molecular weight is 370 g/mol.